The highest BCUT2D eigenvalue weighted by Gasteiger charge is 2.26. The predicted molar refractivity (Wildman–Crippen MR) is 116 cm³/mol. The molecular formula is C18H24BrFIN5. The van der Waals surface area contributed by atoms with E-state index in [-0.39, 0.29) is 29.8 Å². The maximum absolute atomic E-state index is 13.5. The van der Waals surface area contributed by atoms with Crippen LogP contribution in [0.15, 0.2) is 40.1 Å². The Morgan fingerprint density at radius 3 is 2.96 bits per heavy atom. The van der Waals surface area contributed by atoms with E-state index in [0.29, 0.717) is 12.5 Å². The molecule has 1 atom stereocenters. The Balaban J connectivity index is 0.00000243. The van der Waals surface area contributed by atoms with E-state index in [1.165, 1.54) is 17.7 Å². The van der Waals surface area contributed by atoms with Crippen molar-refractivity contribution in [3.05, 3.63) is 52.0 Å². The molecule has 8 heteroatoms. The minimum atomic E-state index is -0.240. The van der Waals surface area contributed by atoms with Crippen molar-refractivity contribution in [2.24, 2.45) is 12.0 Å². The van der Waals surface area contributed by atoms with Crippen LogP contribution in [0.2, 0.25) is 0 Å². The molecule has 0 radical (unpaired) electrons. The fourth-order valence-electron chi connectivity index (χ4n) is 3.13. The molecule has 142 valence electrons. The fourth-order valence-corrected chi connectivity index (χ4v) is 3.50. The number of hydrogen-bond acceptors (Lipinski definition) is 2. The van der Waals surface area contributed by atoms with Crippen LogP contribution in [-0.2, 0) is 13.6 Å². The average molecular weight is 536 g/mol. The number of aryl methyl sites for hydroxylation is 1. The second-order valence-electron chi connectivity index (χ2n) is 6.28. The lowest BCUT2D eigenvalue weighted by atomic mass is 10.0. The van der Waals surface area contributed by atoms with Crippen molar-refractivity contribution in [2.45, 2.75) is 25.8 Å². The summed E-state index contributed by atoms with van der Waals surface area (Å²) >= 11 is 3.47. The molecule has 1 unspecified atom stereocenters. The van der Waals surface area contributed by atoms with E-state index < -0.39 is 0 Å². The van der Waals surface area contributed by atoms with Crippen molar-refractivity contribution in [1.29, 1.82) is 0 Å². The molecular weight excluding hydrogens is 512 g/mol. The van der Waals surface area contributed by atoms with Crippen LogP contribution in [-0.4, -0.2) is 40.3 Å². The van der Waals surface area contributed by atoms with Crippen LogP contribution in [0.25, 0.3) is 0 Å². The van der Waals surface area contributed by atoms with E-state index in [9.17, 15) is 4.39 Å². The zero-order chi connectivity index (χ0) is 17.8. The number of rotatable bonds is 4. The third-order valence-electron chi connectivity index (χ3n) is 4.43. The lowest BCUT2D eigenvalue weighted by Crippen LogP contribution is -2.40. The molecule has 0 saturated carbocycles. The molecule has 0 amide bonds. The molecule has 26 heavy (non-hydrogen) atoms. The van der Waals surface area contributed by atoms with Gasteiger partial charge in [-0.3, -0.25) is 4.68 Å². The molecule has 0 aliphatic carbocycles. The van der Waals surface area contributed by atoms with Crippen molar-refractivity contribution in [1.82, 2.24) is 20.0 Å². The Morgan fingerprint density at radius 2 is 2.27 bits per heavy atom. The molecule has 1 aliphatic heterocycles. The van der Waals surface area contributed by atoms with Gasteiger partial charge in [0.05, 0.1) is 12.7 Å². The van der Waals surface area contributed by atoms with Crippen LogP contribution in [0.5, 0.6) is 0 Å². The summed E-state index contributed by atoms with van der Waals surface area (Å²) in [6.07, 6.45) is 5.12. The SMILES string of the molecule is CCNC(=NCc1cc(F)ccc1Br)N1CCC(c2cnn(C)c2)C1.I. The highest BCUT2D eigenvalue weighted by molar-refractivity contribution is 14.0. The fraction of sp³-hybridized carbons (Fsp3) is 0.444. The number of likely N-dealkylation sites (tertiary alicyclic amines) is 1. The normalized spacial score (nSPS) is 17.3. The smallest absolute Gasteiger partial charge is 0.194 e. The van der Waals surface area contributed by atoms with Crippen LogP contribution >= 0.6 is 39.9 Å². The summed E-state index contributed by atoms with van der Waals surface area (Å²) in [6.45, 7) is 5.17. The monoisotopic (exact) mass is 535 g/mol. The molecule has 1 saturated heterocycles. The van der Waals surface area contributed by atoms with Crippen molar-refractivity contribution in [3.63, 3.8) is 0 Å². The molecule has 1 aromatic carbocycles. The highest BCUT2D eigenvalue weighted by atomic mass is 127. The highest BCUT2D eigenvalue weighted by Crippen LogP contribution is 2.27. The van der Waals surface area contributed by atoms with Gasteiger partial charge in [0.1, 0.15) is 5.82 Å². The Kier molecular flexibility index (Phi) is 7.87. The maximum atomic E-state index is 13.5. The molecule has 2 heterocycles. The van der Waals surface area contributed by atoms with Gasteiger partial charge in [-0.15, -0.1) is 24.0 Å². The molecule has 1 aromatic heterocycles. The number of halogens is 3. The maximum Gasteiger partial charge on any atom is 0.194 e. The molecule has 0 spiro atoms. The third kappa shape index (κ3) is 5.18. The Bertz CT molecular complexity index is 764. The van der Waals surface area contributed by atoms with E-state index in [4.69, 9.17) is 4.99 Å². The van der Waals surface area contributed by atoms with Gasteiger partial charge in [0.15, 0.2) is 5.96 Å². The second-order valence-corrected chi connectivity index (χ2v) is 7.14. The quantitative estimate of drug-likeness (QED) is 0.367. The van der Waals surface area contributed by atoms with Crippen molar-refractivity contribution < 1.29 is 4.39 Å². The first-order valence-electron chi connectivity index (χ1n) is 8.52. The number of aromatic nitrogens is 2. The van der Waals surface area contributed by atoms with E-state index in [1.54, 1.807) is 6.07 Å². The van der Waals surface area contributed by atoms with Crippen LogP contribution in [0.3, 0.4) is 0 Å². The zero-order valence-corrected chi connectivity index (χ0v) is 18.9. The van der Waals surface area contributed by atoms with Crippen molar-refractivity contribution in [2.75, 3.05) is 19.6 Å². The minimum Gasteiger partial charge on any atom is -0.357 e. The number of aliphatic imine (C=N–C) groups is 1. The number of nitrogens with zero attached hydrogens (tertiary/aromatic N) is 4. The first kappa shape index (κ1) is 21.1. The molecule has 1 fully saturated rings. The van der Waals surface area contributed by atoms with Crippen LogP contribution < -0.4 is 5.32 Å². The summed E-state index contributed by atoms with van der Waals surface area (Å²) in [7, 11) is 1.94. The molecule has 0 bridgehead atoms. The van der Waals surface area contributed by atoms with Gasteiger partial charge in [0.25, 0.3) is 0 Å². The first-order valence-corrected chi connectivity index (χ1v) is 9.32. The Morgan fingerprint density at radius 1 is 1.46 bits per heavy atom. The molecule has 1 N–H and O–H groups in total. The van der Waals surface area contributed by atoms with Crippen molar-refractivity contribution in [3.8, 4) is 0 Å². The van der Waals surface area contributed by atoms with E-state index in [2.05, 4.69) is 44.4 Å². The van der Waals surface area contributed by atoms with Crippen molar-refractivity contribution >= 4 is 45.9 Å². The zero-order valence-electron chi connectivity index (χ0n) is 15.0. The van der Waals surface area contributed by atoms with Crippen LogP contribution in [0, 0.1) is 5.82 Å². The summed E-state index contributed by atoms with van der Waals surface area (Å²) < 4.78 is 16.2. The Labute approximate surface area is 179 Å². The lowest BCUT2D eigenvalue weighted by molar-refractivity contribution is 0.486. The molecule has 5 nitrogen and oxygen atoms in total. The number of guanidine groups is 1. The molecule has 2 aromatic rings. The van der Waals surface area contributed by atoms with Gasteiger partial charge in [0.2, 0.25) is 0 Å². The van der Waals surface area contributed by atoms with Gasteiger partial charge in [-0.1, -0.05) is 15.9 Å². The first-order chi connectivity index (χ1) is 12.1. The standard InChI is InChI=1S/C18H23BrFN5.HI/c1-3-21-18(22-9-14-8-16(20)4-5-17(14)19)25-7-6-13(12-25)15-10-23-24(2)11-15;/h4-5,8,10-11,13H,3,6-7,9,12H2,1-2H3,(H,21,22);1H. The third-order valence-corrected chi connectivity index (χ3v) is 5.20. The van der Waals surface area contributed by atoms with Gasteiger partial charge in [0, 0.05) is 43.3 Å². The summed E-state index contributed by atoms with van der Waals surface area (Å²) in [4.78, 5) is 6.99. The average Bonchev–Trinajstić information content (AvgIpc) is 3.23. The van der Waals surface area contributed by atoms with Crippen LogP contribution in [0.4, 0.5) is 4.39 Å². The van der Waals surface area contributed by atoms with Crippen LogP contribution in [0.1, 0.15) is 30.4 Å². The Hall–Kier alpha value is -1.16. The summed E-state index contributed by atoms with van der Waals surface area (Å²) in [5.41, 5.74) is 2.12. The predicted octanol–water partition coefficient (Wildman–Crippen LogP) is 3.89. The number of hydrogen-bond donors (Lipinski definition) is 1. The van der Waals surface area contributed by atoms with E-state index in [0.717, 1.165) is 42.1 Å². The summed E-state index contributed by atoms with van der Waals surface area (Å²) in [6, 6.07) is 4.70. The topological polar surface area (TPSA) is 45.5 Å². The summed E-state index contributed by atoms with van der Waals surface area (Å²) in [5.74, 6) is 1.11. The number of nitrogens with one attached hydrogen (secondary N) is 1. The molecule has 1 aliphatic rings. The van der Waals surface area contributed by atoms with E-state index in [1.807, 2.05) is 17.9 Å². The van der Waals surface area contributed by atoms with Gasteiger partial charge < -0.3 is 10.2 Å². The van der Waals surface area contributed by atoms with Gasteiger partial charge >= 0.3 is 0 Å². The second kappa shape index (κ2) is 9.68. The van der Waals surface area contributed by atoms with Gasteiger partial charge in [-0.25, -0.2) is 9.38 Å². The largest absolute Gasteiger partial charge is 0.357 e. The molecule has 3 rings (SSSR count). The summed E-state index contributed by atoms with van der Waals surface area (Å²) in [5, 5.41) is 7.63. The van der Waals surface area contributed by atoms with Gasteiger partial charge in [-0.2, -0.15) is 5.10 Å². The van der Waals surface area contributed by atoms with E-state index >= 15 is 0 Å². The lowest BCUT2D eigenvalue weighted by Gasteiger charge is -2.21. The minimum absolute atomic E-state index is 0. The number of benzene rings is 1. The van der Waals surface area contributed by atoms with Gasteiger partial charge in [-0.05, 0) is 42.7 Å².